The lowest BCUT2D eigenvalue weighted by Gasteiger charge is -2.22. The van der Waals surface area contributed by atoms with Crippen molar-refractivity contribution in [2.75, 3.05) is 6.54 Å². The Morgan fingerprint density at radius 1 is 1.00 bits per heavy atom. The van der Waals surface area contributed by atoms with Gasteiger partial charge in [-0.3, -0.25) is 24.0 Å². The van der Waals surface area contributed by atoms with Gasteiger partial charge < -0.3 is 32.5 Å². The zero-order valence-corrected chi connectivity index (χ0v) is 16.6. The van der Waals surface area contributed by atoms with Crippen LogP contribution in [0.15, 0.2) is 30.3 Å². The zero-order chi connectivity index (χ0) is 22.7. The van der Waals surface area contributed by atoms with E-state index in [0.717, 1.165) is 5.56 Å². The summed E-state index contributed by atoms with van der Waals surface area (Å²) in [7, 11) is 0. The Morgan fingerprint density at radius 2 is 1.63 bits per heavy atom. The number of amides is 4. The fourth-order valence-corrected chi connectivity index (χ4v) is 2.46. The summed E-state index contributed by atoms with van der Waals surface area (Å²) in [6, 6.07) is 5.75. The van der Waals surface area contributed by atoms with Crippen molar-refractivity contribution in [1.29, 1.82) is 0 Å². The van der Waals surface area contributed by atoms with E-state index in [2.05, 4.69) is 16.0 Å². The second-order valence-electron chi connectivity index (χ2n) is 6.70. The van der Waals surface area contributed by atoms with Crippen LogP contribution in [-0.2, 0) is 30.4 Å². The molecule has 4 amide bonds. The number of carboxylic acids is 1. The highest BCUT2D eigenvalue weighted by molar-refractivity contribution is 5.93. The lowest BCUT2D eigenvalue weighted by Crippen LogP contribution is -2.56. The van der Waals surface area contributed by atoms with E-state index in [1.807, 2.05) is 0 Å². The molecule has 0 aliphatic heterocycles. The van der Waals surface area contributed by atoms with Gasteiger partial charge in [0.05, 0.1) is 6.04 Å². The van der Waals surface area contributed by atoms with Crippen molar-refractivity contribution in [3.63, 3.8) is 0 Å². The molecule has 0 fully saturated rings. The third-order valence-electron chi connectivity index (χ3n) is 4.12. The largest absolute Gasteiger partial charge is 0.480 e. The SMILES string of the molecule is CC(NC(=O)C(Cc1ccccc1)NC(=O)C(N)CCC(N)=O)C(=O)NCC(=O)O. The highest BCUT2D eigenvalue weighted by Crippen LogP contribution is 2.05. The number of nitrogens with one attached hydrogen (secondary N) is 3. The fourth-order valence-electron chi connectivity index (χ4n) is 2.46. The monoisotopic (exact) mass is 421 g/mol. The smallest absolute Gasteiger partial charge is 0.322 e. The van der Waals surface area contributed by atoms with Crippen LogP contribution in [0.5, 0.6) is 0 Å². The van der Waals surface area contributed by atoms with Crippen molar-refractivity contribution in [3.8, 4) is 0 Å². The molecule has 0 heterocycles. The van der Waals surface area contributed by atoms with Gasteiger partial charge in [0, 0.05) is 12.8 Å². The van der Waals surface area contributed by atoms with Crippen molar-refractivity contribution in [2.24, 2.45) is 11.5 Å². The second kappa shape index (κ2) is 12.2. The van der Waals surface area contributed by atoms with Crippen molar-refractivity contribution in [1.82, 2.24) is 16.0 Å². The molecule has 164 valence electrons. The van der Waals surface area contributed by atoms with Gasteiger partial charge in [-0.2, -0.15) is 0 Å². The molecular weight excluding hydrogens is 394 g/mol. The van der Waals surface area contributed by atoms with Gasteiger partial charge in [-0.15, -0.1) is 0 Å². The van der Waals surface area contributed by atoms with Gasteiger partial charge in [-0.05, 0) is 18.9 Å². The van der Waals surface area contributed by atoms with Crippen LogP contribution in [0.4, 0.5) is 0 Å². The molecule has 0 saturated heterocycles. The molecule has 0 spiro atoms. The van der Waals surface area contributed by atoms with E-state index in [9.17, 15) is 24.0 Å². The third kappa shape index (κ3) is 9.15. The van der Waals surface area contributed by atoms with Gasteiger partial charge in [0.2, 0.25) is 23.6 Å². The molecule has 0 saturated carbocycles. The number of aliphatic carboxylic acids is 1. The predicted octanol–water partition coefficient (Wildman–Crippen LogP) is -1.99. The van der Waals surface area contributed by atoms with E-state index in [-0.39, 0.29) is 19.3 Å². The van der Waals surface area contributed by atoms with Crippen molar-refractivity contribution < 1.29 is 29.1 Å². The second-order valence-corrected chi connectivity index (χ2v) is 6.70. The maximum Gasteiger partial charge on any atom is 0.322 e. The average Bonchev–Trinajstić information content (AvgIpc) is 2.70. The minimum Gasteiger partial charge on any atom is -0.480 e. The van der Waals surface area contributed by atoms with Crippen LogP contribution in [0.2, 0.25) is 0 Å². The van der Waals surface area contributed by atoms with E-state index in [1.165, 1.54) is 6.92 Å². The molecule has 1 aromatic carbocycles. The maximum atomic E-state index is 12.7. The van der Waals surface area contributed by atoms with Crippen LogP contribution in [0.1, 0.15) is 25.3 Å². The number of carbonyl (C=O) groups excluding carboxylic acids is 4. The Kier molecular flexibility index (Phi) is 9.97. The third-order valence-corrected chi connectivity index (χ3v) is 4.12. The van der Waals surface area contributed by atoms with Crippen LogP contribution in [-0.4, -0.2) is 59.4 Å². The Hall–Kier alpha value is -3.47. The normalized spacial score (nSPS) is 13.4. The van der Waals surface area contributed by atoms with E-state index < -0.39 is 54.3 Å². The molecule has 11 heteroatoms. The zero-order valence-electron chi connectivity index (χ0n) is 16.6. The molecule has 11 nitrogen and oxygen atoms in total. The van der Waals surface area contributed by atoms with Gasteiger partial charge in [0.15, 0.2) is 0 Å². The minimum atomic E-state index is -1.22. The summed E-state index contributed by atoms with van der Waals surface area (Å²) in [6.45, 7) is 0.799. The highest BCUT2D eigenvalue weighted by Gasteiger charge is 2.26. The molecule has 3 unspecified atom stereocenters. The predicted molar refractivity (Wildman–Crippen MR) is 107 cm³/mol. The summed E-state index contributed by atoms with van der Waals surface area (Å²) < 4.78 is 0. The molecule has 0 aliphatic rings. The molecule has 3 atom stereocenters. The van der Waals surface area contributed by atoms with Gasteiger partial charge in [0.25, 0.3) is 0 Å². The summed E-state index contributed by atoms with van der Waals surface area (Å²) in [4.78, 5) is 58.4. The van der Waals surface area contributed by atoms with Crippen LogP contribution >= 0.6 is 0 Å². The summed E-state index contributed by atoms with van der Waals surface area (Å²) in [5.41, 5.74) is 11.6. The molecule has 0 bridgehead atoms. The Bertz CT molecular complexity index is 770. The maximum absolute atomic E-state index is 12.7. The first kappa shape index (κ1) is 24.6. The fraction of sp³-hybridized carbons (Fsp3) is 0.421. The number of hydrogen-bond donors (Lipinski definition) is 6. The van der Waals surface area contributed by atoms with E-state index >= 15 is 0 Å². The molecule has 8 N–H and O–H groups in total. The van der Waals surface area contributed by atoms with Gasteiger partial charge >= 0.3 is 5.97 Å². The standard InChI is InChI=1S/C19H27N5O6/c1-11(17(28)22-10-16(26)27)23-19(30)14(9-12-5-3-2-4-6-12)24-18(29)13(20)7-8-15(21)25/h2-6,11,13-14H,7-10,20H2,1H3,(H2,21,25)(H,22,28)(H,23,30)(H,24,29)(H,26,27). The number of hydrogen-bond acceptors (Lipinski definition) is 6. The number of carboxylic acid groups (broad SMARTS) is 1. The van der Waals surface area contributed by atoms with E-state index in [1.54, 1.807) is 30.3 Å². The molecular formula is C19H27N5O6. The topological polar surface area (TPSA) is 194 Å². The Balaban J connectivity index is 2.82. The molecule has 0 aromatic heterocycles. The van der Waals surface area contributed by atoms with Crippen LogP contribution < -0.4 is 27.4 Å². The Labute approximate surface area is 173 Å². The van der Waals surface area contributed by atoms with Gasteiger partial charge in [0.1, 0.15) is 18.6 Å². The van der Waals surface area contributed by atoms with Gasteiger partial charge in [-0.1, -0.05) is 30.3 Å². The first-order chi connectivity index (χ1) is 14.1. The van der Waals surface area contributed by atoms with Crippen LogP contribution in [0.3, 0.4) is 0 Å². The lowest BCUT2D eigenvalue weighted by atomic mass is 10.0. The van der Waals surface area contributed by atoms with Crippen molar-refractivity contribution in [3.05, 3.63) is 35.9 Å². The molecule has 1 rings (SSSR count). The van der Waals surface area contributed by atoms with E-state index in [0.29, 0.717) is 0 Å². The van der Waals surface area contributed by atoms with Crippen molar-refractivity contribution in [2.45, 2.75) is 44.3 Å². The number of primary amides is 1. The Morgan fingerprint density at radius 3 is 2.20 bits per heavy atom. The summed E-state index contributed by atoms with van der Waals surface area (Å²) in [5, 5.41) is 15.7. The summed E-state index contributed by atoms with van der Waals surface area (Å²) in [6.07, 6.45) is 0.0736. The highest BCUT2D eigenvalue weighted by atomic mass is 16.4. The molecule has 0 aliphatic carbocycles. The molecule has 30 heavy (non-hydrogen) atoms. The first-order valence-electron chi connectivity index (χ1n) is 9.28. The van der Waals surface area contributed by atoms with Crippen molar-refractivity contribution >= 4 is 29.6 Å². The molecule has 0 radical (unpaired) electrons. The van der Waals surface area contributed by atoms with Crippen LogP contribution in [0, 0.1) is 0 Å². The number of carbonyl (C=O) groups is 5. The molecule has 1 aromatic rings. The van der Waals surface area contributed by atoms with Crippen LogP contribution in [0.25, 0.3) is 0 Å². The number of benzene rings is 1. The number of nitrogens with two attached hydrogens (primary N) is 2. The van der Waals surface area contributed by atoms with E-state index in [4.69, 9.17) is 16.6 Å². The lowest BCUT2D eigenvalue weighted by molar-refractivity contribution is -0.138. The number of rotatable bonds is 12. The summed E-state index contributed by atoms with van der Waals surface area (Å²) >= 11 is 0. The average molecular weight is 421 g/mol. The first-order valence-corrected chi connectivity index (χ1v) is 9.28. The summed E-state index contributed by atoms with van der Waals surface area (Å²) in [5.74, 6) is -3.80. The minimum absolute atomic E-state index is 0.0227. The quantitative estimate of drug-likeness (QED) is 0.225. The van der Waals surface area contributed by atoms with Gasteiger partial charge in [-0.25, -0.2) is 0 Å².